The number of carbonyl (C=O) groups is 1. The molecule has 0 aliphatic carbocycles. The van der Waals surface area contributed by atoms with Gasteiger partial charge < -0.3 is 20.2 Å². The fourth-order valence-corrected chi connectivity index (χ4v) is 4.96. The summed E-state index contributed by atoms with van der Waals surface area (Å²) < 4.78 is 0. The van der Waals surface area contributed by atoms with E-state index in [1.807, 2.05) is 31.0 Å². The molecule has 9 heteroatoms. The van der Waals surface area contributed by atoms with E-state index in [1.54, 1.807) is 6.20 Å². The van der Waals surface area contributed by atoms with Gasteiger partial charge in [0.1, 0.15) is 16.5 Å². The van der Waals surface area contributed by atoms with Gasteiger partial charge in [0, 0.05) is 49.7 Å². The average molecular weight is 437 g/mol. The van der Waals surface area contributed by atoms with E-state index in [-0.39, 0.29) is 18.3 Å². The van der Waals surface area contributed by atoms with Crippen molar-refractivity contribution in [3.8, 4) is 0 Å². The summed E-state index contributed by atoms with van der Waals surface area (Å²) in [7, 11) is 1.91. The van der Waals surface area contributed by atoms with Gasteiger partial charge in [-0.1, -0.05) is 0 Å². The van der Waals surface area contributed by atoms with Crippen molar-refractivity contribution in [1.29, 1.82) is 0 Å². The van der Waals surface area contributed by atoms with Gasteiger partial charge in [-0.2, -0.15) is 4.98 Å². The molecule has 1 aromatic carbocycles. The number of Topliss-reactive ketones (excluding diaryl/α,β-unsaturated/α-hetero) is 1. The summed E-state index contributed by atoms with van der Waals surface area (Å²) in [6, 6.07) is 8.15. The second kappa shape index (κ2) is 7.90. The summed E-state index contributed by atoms with van der Waals surface area (Å²) in [5.41, 5.74) is 3.34. The standard InChI is InChI=1S/C22H24N6O2S/c1-13-24-19-18(30)11-14-12-23-22(26-20(14)27(2)21(19)31-13)25-15-3-5-16(6-4-15)28-9-7-17(29)8-10-28/h3-6,12,17,29H,7-11H2,1-2H3,(H,23,25,26). The molecule has 2 aliphatic rings. The van der Waals surface area contributed by atoms with Crippen molar-refractivity contribution in [2.24, 2.45) is 0 Å². The summed E-state index contributed by atoms with van der Waals surface area (Å²) in [5.74, 6) is 1.20. The summed E-state index contributed by atoms with van der Waals surface area (Å²) in [4.78, 5) is 30.4. The Morgan fingerprint density at radius 1 is 1.16 bits per heavy atom. The fraction of sp³-hybridized carbons (Fsp3) is 0.364. The Labute approximate surface area is 184 Å². The molecule has 4 heterocycles. The number of thiazole rings is 1. The first-order valence-electron chi connectivity index (χ1n) is 10.4. The number of benzene rings is 1. The Hall–Kier alpha value is -3.04. The van der Waals surface area contributed by atoms with Crippen LogP contribution in [-0.4, -0.2) is 52.1 Å². The first-order valence-corrected chi connectivity index (χ1v) is 11.2. The van der Waals surface area contributed by atoms with Crippen LogP contribution in [0.3, 0.4) is 0 Å². The number of nitrogens with zero attached hydrogens (tertiary/aromatic N) is 5. The first kappa shape index (κ1) is 19.9. The molecular weight excluding hydrogens is 412 g/mol. The van der Waals surface area contributed by atoms with Crippen molar-refractivity contribution < 1.29 is 9.90 Å². The quantitative estimate of drug-likeness (QED) is 0.645. The number of nitrogens with one attached hydrogen (secondary N) is 1. The number of aliphatic hydroxyl groups excluding tert-OH is 1. The third kappa shape index (κ3) is 3.86. The summed E-state index contributed by atoms with van der Waals surface area (Å²) in [6.07, 6.45) is 3.39. The number of piperidine rings is 1. The Kier molecular flexibility index (Phi) is 5.07. The topological polar surface area (TPSA) is 94.5 Å². The number of rotatable bonds is 3. The number of aliphatic hydroxyl groups is 1. The molecule has 0 spiro atoms. The number of carbonyl (C=O) groups excluding carboxylic acids is 1. The molecular formula is C22H24N6O2S. The van der Waals surface area contributed by atoms with E-state index >= 15 is 0 Å². The minimum atomic E-state index is -0.180. The lowest BCUT2D eigenvalue weighted by Gasteiger charge is -2.31. The van der Waals surface area contributed by atoms with Crippen LogP contribution in [0.1, 0.15) is 33.9 Å². The van der Waals surface area contributed by atoms with Gasteiger partial charge in [-0.05, 0) is 44.0 Å². The Morgan fingerprint density at radius 2 is 1.90 bits per heavy atom. The number of aromatic nitrogens is 3. The zero-order chi connectivity index (χ0) is 21.5. The molecule has 1 fully saturated rings. The fourth-order valence-electron chi connectivity index (χ4n) is 4.06. The summed E-state index contributed by atoms with van der Waals surface area (Å²) in [5, 5.41) is 14.7. The van der Waals surface area contributed by atoms with Crippen molar-refractivity contribution in [2.45, 2.75) is 32.3 Å². The van der Waals surface area contributed by atoms with Gasteiger partial charge in [0.2, 0.25) is 5.95 Å². The van der Waals surface area contributed by atoms with Crippen molar-refractivity contribution in [3.63, 3.8) is 0 Å². The van der Waals surface area contributed by atoms with Crippen LogP contribution in [0.5, 0.6) is 0 Å². The molecule has 160 valence electrons. The van der Waals surface area contributed by atoms with Crippen LogP contribution >= 0.6 is 11.3 Å². The number of anilines is 5. The second-order valence-corrected chi connectivity index (χ2v) is 9.16. The van der Waals surface area contributed by atoms with Crippen LogP contribution < -0.4 is 15.1 Å². The molecule has 2 N–H and O–H groups in total. The highest BCUT2D eigenvalue weighted by Gasteiger charge is 2.28. The van der Waals surface area contributed by atoms with Gasteiger partial charge in [-0.25, -0.2) is 9.97 Å². The Bertz CT molecular complexity index is 1120. The number of ketones is 1. The maximum absolute atomic E-state index is 12.6. The highest BCUT2D eigenvalue weighted by atomic mass is 32.1. The molecule has 2 aromatic heterocycles. The van der Waals surface area contributed by atoms with E-state index in [1.165, 1.54) is 11.3 Å². The molecule has 8 nitrogen and oxygen atoms in total. The molecule has 0 radical (unpaired) electrons. The van der Waals surface area contributed by atoms with Gasteiger partial charge in [-0.3, -0.25) is 4.79 Å². The molecule has 0 bridgehead atoms. The lowest BCUT2D eigenvalue weighted by atomic mass is 10.1. The van der Waals surface area contributed by atoms with Crippen molar-refractivity contribution >= 4 is 45.3 Å². The van der Waals surface area contributed by atoms with Gasteiger partial charge in [0.15, 0.2) is 5.78 Å². The summed E-state index contributed by atoms with van der Waals surface area (Å²) >= 11 is 1.50. The minimum Gasteiger partial charge on any atom is -0.393 e. The molecule has 0 saturated carbocycles. The van der Waals surface area contributed by atoms with Crippen LogP contribution in [0, 0.1) is 6.92 Å². The van der Waals surface area contributed by atoms with E-state index in [0.717, 1.165) is 58.7 Å². The number of hydrogen-bond acceptors (Lipinski definition) is 9. The van der Waals surface area contributed by atoms with E-state index in [9.17, 15) is 9.90 Å². The van der Waals surface area contributed by atoms with Crippen molar-refractivity contribution in [2.75, 3.05) is 35.3 Å². The second-order valence-electron chi connectivity index (χ2n) is 7.98. The van der Waals surface area contributed by atoms with Crippen molar-refractivity contribution in [3.05, 3.63) is 46.7 Å². The van der Waals surface area contributed by atoms with E-state index in [0.29, 0.717) is 11.6 Å². The molecule has 0 atom stereocenters. The lowest BCUT2D eigenvalue weighted by Crippen LogP contribution is -2.35. The maximum atomic E-state index is 12.6. The third-order valence-electron chi connectivity index (χ3n) is 5.75. The Morgan fingerprint density at radius 3 is 2.65 bits per heavy atom. The van der Waals surface area contributed by atoms with Crippen LogP contribution in [-0.2, 0) is 6.42 Å². The predicted octanol–water partition coefficient (Wildman–Crippen LogP) is 3.45. The largest absolute Gasteiger partial charge is 0.393 e. The monoisotopic (exact) mass is 436 g/mol. The smallest absolute Gasteiger partial charge is 0.229 e. The molecule has 2 aliphatic heterocycles. The van der Waals surface area contributed by atoms with Crippen LogP contribution in [0.2, 0.25) is 0 Å². The van der Waals surface area contributed by atoms with Crippen molar-refractivity contribution in [1.82, 2.24) is 15.0 Å². The normalized spacial score (nSPS) is 16.7. The zero-order valence-electron chi connectivity index (χ0n) is 17.5. The number of aryl methyl sites for hydroxylation is 1. The maximum Gasteiger partial charge on any atom is 0.229 e. The third-order valence-corrected chi connectivity index (χ3v) is 6.80. The predicted molar refractivity (Wildman–Crippen MR) is 122 cm³/mol. The summed E-state index contributed by atoms with van der Waals surface area (Å²) in [6.45, 7) is 3.64. The highest BCUT2D eigenvalue weighted by molar-refractivity contribution is 7.16. The van der Waals surface area contributed by atoms with Gasteiger partial charge in [0.05, 0.1) is 11.1 Å². The average Bonchev–Trinajstić information content (AvgIpc) is 3.13. The molecule has 1 saturated heterocycles. The lowest BCUT2D eigenvalue weighted by molar-refractivity contribution is 0.0990. The van der Waals surface area contributed by atoms with Crippen LogP contribution in [0.25, 0.3) is 0 Å². The number of hydrogen-bond donors (Lipinski definition) is 2. The van der Waals surface area contributed by atoms with Crippen LogP contribution in [0.4, 0.5) is 28.1 Å². The Balaban J connectivity index is 1.36. The van der Waals surface area contributed by atoms with Gasteiger partial charge in [-0.15, -0.1) is 11.3 Å². The van der Waals surface area contributed by atoms with E-state index in [2.05, 4.69) is 32.3 Å². The number of fused-ring (bicyclic) bond motifs is 2. The molecule has 0 amide bonds. The molecule has 3 aromatic rings. The van der Waals surface area contributed by atoms with Crippen LogP contribution in [0.15, 0.2) is 30.5 Å². The molecule has 31 heavy (non-hydrogen) atoms. The molecule has 5 rings (SSSR count). The SMILES string of the molecule is Cc1nc2c(s1)N(C)c1nc(Nc3ccc(N4CCC(O)CC4)cc3)ncc1CC2=O. The first-order chi connectivity index (χ1) is 15.0. The van der Waals surface area contributed by atoms with Gasteiger partial charge >= 0.3 is 0 Å². The minimum absolute atomic E-state index is 0.00456. The van der Waals surface area contributed by atoms with Gasteiger partial charge in [0.25, 0.3) is 0 Å². The van der Waals surface area contributed by atoms with E-state index in [4.69, 9.17) is 4.98 Å². The highest BCUT2D eigenvalue weighted by Crippen LogP contribution is 2.37. The van der Waals surface area contributed by atoms with E-state index < -0.39 is 0 Å². The molecule has 0 unspecified atom stereocenters. The zero-order valence-corrected chi connectivity index (χ0v) is 18.3.